The summed E-state index contributed by atoms with van der Waals surface area (Å²) in [4.78, 5) is 33.0. The number of nitrogens with one attached hydrogen (secondary N) is 1. The van der Waals surface area contributed by atoms with Crippen molar-refractivity contribution in [2.24, 2.45) is 5.84 Å². The third kappa shape index (κ3) is 26.0. The van der Waals surface area contributed by atoms with Crippen LogP contribution in [0.4, 0.5) is 5.82 Å². The predicted molar refractivity (Wildman–Crippen MR) is 157 cm³/mol. The number of aliphatic hydroxyl groups is 1. The number of allylic oxidation sites excluding steroid dienone is 1. The van der Waals surface area contributed by atoms with Crippen molar-refractivity contribution < 1.29 is 94.9 Å². The first kappa shape index (κ1) is 51.6. The number of aliphatic hydroxyl groups excluding tert-OH is 1. The largest absolute Gasteiger partial charge is 1.00 e. The smallest absolute Gasteiger partial charge is 1.00 e. The Kier molecular flexibility index (Phi) is 42.5. The van der Waals surface area contributed by atoms with Crippen molar-refractivity contribution in [3.63, 3.8) is 0 Å². The average Bonchev–Trinajstić information content (AvgIpc) is 3.37. The van der Waals surface area contributed by atoms with E-state index in [0.717, 1.165) is 12.8 Å². The van der Waals surface area contributed by atoms with Gasteiger partial charge in [-0.25, -0.2) is 4.68 Å². The van der Waals surface area contributed by atoms with Gasteiger partial charge in [-0.2, -0.15) is 10.4 Å². The summed E-state index contributed by atoms with van der Waals surface area (Å²) in [6.07, 6.45) is 15.5. The van der Waals surface area contributed by atoms with Crippen molar-refractivity contribution in [3.8, 4) is 6.07 Å². The summed E-state index contributed by atoms with van der Waals surface area (Å²) < 4.78 is 6.57. The number of anilines is 1. The molecule has 2 saturated carbocycles. The van der Waals surface area contributed by atoms with Crippen LogP contribution in [0.3, 0.4) is 0 Å². The summed E-state index contributed by atoms with van der Waals surface area (Å²) in [5, 5.41) is 28.5. The Hall–Kier alpha value is -1.02. The van der Waals surface area contributed by atoms with Gasteiger partial charge in [0.15, 0.2) is 11.6 Å². The molecule has 43 heavy (non-hydrogen) atoms. The number of Topliss-reactive ketones (excluding diaryl/α,β-unsaturated/α-hetero) is 2. The first-order valence-electron chi connectivity index (χ1n) is 13.5. The van der Waals surface area contributed by atoms with Crippen LogP contribution >= 0.6 is 12.4 Å². The van der Waals surface area contributed by atoms with E-state index in [9.17, 15) is 9.59 Å². The molecule has 0 aromatic carbocycles. The molecule has 0 saturated heterocycles. The van der Waals surface area contributed by atoms with E-state index >= 15 is 0 Å². The molecule has 238 valence electrons. The average molecular weight is 651 g/mol. The Balaban J connectivity index is -0.000000110. The molecule has 0 unspecified atom stereocenters. The number of hydrazine groups is 1. The minimum Gasteiger partial charge on any atom is -1.00 e. The number of carbonyl (C=O) groups excluding carboxylic acids is 3. The molecule has 13 nitrogen and oxygen atoms in total. The number of halogens is 1. The van der Waals surface area contributed by atoms with Gasteiger partial charge in [-0.1, -0.05) is 38.5 Å². The van der Waals surface area contributed by atoms with Gasteiger partial charge in [0.25, 0.3) is 6.47 Å². The fourth-order valence-electron chi connectivity index (χ4n) is 3.88. The number of ether oxygens (including phenoxy) is 1. The van der Waals surface area contributed by atoms with Crippen LogP contribution < -0.4 is 81.4 Å². The number of nitrogens with zero attached hydrogens (tertiary/aromatic N) is 3. The quantitative estimate of drug-likeness (QED) is 0.0266. The number of nitrogens with two attached hydrogens (primary N) is 2. The first-order chi connectivity index (χ1) is 19.2. The molecule has 0 atom stereocenters. The number of nitriles is 1. The topological polar surface area (TPSA) is 219 Å². The Bertz CT molecular complexity index is 912. The van der Waals surface area contributed by atoms with Crippen LogP contribution in [-0.4, -0.2) is 52.2 Å². The molecule has 0 bridgehead atoms. The maximum Gasteiger partial charge on any atom is 1.00 e. The van der Waals surface area contributed by atoms with Gasteiger partial charge in [0.1, 0.15) is 23.7 Å². The second-order valence-electron chi connectivity index (χ2n) is 8.90. The zero-order chi connectivity index (χ0) is 30.8. The zero-order valence-corrected chi connectivity index (χ0v) is 31.5. The Morgan fingerprint density at radius 1 is 1.16 bits per heavy atom. The number of nitrogen functional groups attached to an aromatic ring is 1. The Morgan fingerprint density at radius 3 is 1.93 bits per heavy atom. The van der Waals surface area contributed by atoms with E-state index in [1.807, 2.05) is 4.68 Å². The molecule has 2 fully saturated rings. The summed E-state index contributed by atoms with van der Waals surface area (Å²) in [6.45, 7) is 6.86. The first-order valence-corrected chi connectivity index (χ1v) is 13.5. The minimum absolute atomic E-state index is 0. The molecule has 0 amide bonds. The molecule has 2 aliphatic rings. The summed E-state index contributed by atoms with van der Waals surface area (Å²) in [5.41, 5.74) is 9.33. The Morgan fingerprint density at radius 2 is 1.63 bits per heavy atom. The second kappa shape index (κ2) is 35.5. The fraction of sp³-hybridized carbons (Fsp3) is 0.667. The third-order valence-electron chi connectivity index (χ3n) is 5.88. The SMILES string of the molecule is CC(=O)c1cnn(C2CCCCC2)c1N.CCO.CCO/C=C(\C#N)C(C)=O.Cl.NNC1CCCCC1.O=CO[O-].[H-].[Na+].[Na+]. The monoisotopic (exact) mass is 650 g/mol. The standard InChI is InChI=1S/C11H17N3O.C7H9NO2.C6H14N2.C2H6O.CH2O3.ClH.2Na.H/c1-8(15)10-7-13-14(11(10)12)9-5-3-2-4-6-9;1-3-10-5-7(4-8)6(2)9;7-8-6-4-2-1-3-5-6;1-2-3;2-1-4-3;;;;/h7,9H,2-6,12H2,1H3;5H,3H2,1-2H3;6,8H,1-5,7H2;3H,2H2,1H3;1,3H;1H;;;/q;;;;;;2*+1;-1/p-1/b;7-5+;;;;;;;. The number of hydrogen-bond donors (Lipinski definition) is 4. The van der Waals surface area contributed by atoms with Crippen molar-refractivity contribution in [1.82, 2.24) is 15.2 Å². The van der Waals surface area contributed by atoms with Gasteiger partial charge < -0.3 is 27.1 Å². The third-order valence-corrected chi connectivity index (χ3v) is 5.88. The van der Waals surface area contributed by atoms with E-state index in [1.165, 1.54) is 71.5 Å². The van der Waals surface area contributed by atoms with Crippen molar-refractivity contribution in [2.45, 2.75) is 104 Å². The predicted octanol–water partition coefficient (Wildman–Crippen LogP) is -3.05. The molecule has 1 heterocycles. The van der Waals surface area contributed by atoms with Crippen LogP contribution in [0.1, 0.15) is 110 Å². The number of ketones is 2. The summed E-state index contributed by atoms with van der Waals surface area (Å²) in [5.74, 6) is 5.52. The molecule has 0 radical (unpaired) electrons. The maximum atomic E-state index is 11.2. The molecule has 2 aliphatic carbocycles. The van der Waals surface area contributed by atoms with Crippen molar-refractivity contribution in [2.75, 3.05) is 18.9 Å². The van der Waals surface area contributed by atoms with Gasteiger partial charge in [-0.3, -0.25) is 25.7 Å². The molecule has 16 heteroatoms. The van der Waals surface area contributed by atoms with E-state index in [2.05, 4.69) is 15.4 Å². The van der Waals surface area contributed by atoms with Crippen LogP contribution in [-0.2, 0) is 19.2 Å². The molecule has 1 aromatic rings. The van der Waals surface area contributed by atoms with Crippen molar-refractivity contribution >= 4 is 36.3 Å². The maximum absolute atomic E-state index is 11.2. The number of carbonyl (C=O) groups is 3. The van der Waals surface area contributed by atoms with Crippen LogP contribution in [0, 0.1) is 11.3 Å². The molecule has 0 aliphatic heterocycles. The normalized spacial score (nSPS) is 14.0. The fourth-order valence-corrected chi connectivity index (χ4v) is 3.88. The van der Waals surface area contributed by atoms with Gasteiger partial charge in [0.2, 0.25) is 0 Å². The van der Waals surface area contributed by atoms with Crippen LogP contribution in [0.2, 0.25) is 0 Å². The van der Waals surface area contributed by atoms with Crippen molar-refractivity contribution in [3.05, 3.63) is 23.6 Å². The number of aromatic nitrogens is 2. The molecule has 1 aromatic heterocycles. The van der Waals surface area contributed by atoms with E-state index in [-0.39, 0.29) is 103 Å². The molecule has 0 spiro atoms. The van der Waals surface area contributed by atoms with Crippen LogP contribution in [0.25, 0.3) is 0 Å². The molecular formula is C27H49ClN6Na2O7. The summed E-state index contributed by atoms with van der Waals surface area (Å²) >= 11 is 0. The molecular weight excluding hydrogens is 602 g/mol. The van der Waals surface area contributed by atoms with E-state index < -0.39 is 0 Å². The van der Waals surface area contributed by atoms with E-state index in [4.69, 9.17) is 36.7 Å². The van der Waals surface area contributed by atoms with Gasteiger partial charge in [0.05, 0.1) is 24.4 Å². The minimum atomic E-state index is -0.268. The van der Waals surface area contributed by atoms with Gasteiger partial charge in [-0.05, 0) is 53.4 Å². The Labute approximate surface area is 307 Å². The van der Waals surface area contributed by atoms with Crippen molar-refractivity contribution in [1.29, 1.82) is 5.26 Å². The van der Waals surface area contributed by atoms with Gasteiger partial charge >= 0.3 is 59.1 Å². The van der Waals surface area contributed by atoms with E-state index in [0.29, 0.717) is 30.1 Å². The van der Waals surface area contributed by atoms with E-state index in [1.54, 1.807) is 26.1 Å². The molecule has 3 rings (SSSR count). The van der Waals surface area contributed by atoms with Crippen LogP contribution in [0.15, 0.2) is 18.0 Å². The zero-order valence-electron chi connectivity index (χ0n) is 27.7. The number of hydrogen-bond acceptors (Lipinski definition) is 12. The summed E-state index contributed by atoms with van der Waals surface area (Å²) in [6, 6.07) is 2.73. The van der Waals surface area contributed by atoms with Gasteiger partial charge in [0, 0.05) is 12.6 Å². The van der Waals surface area contributed by atoms with Crippen LogP contribution in [0.5, 0.6) is 0 Å². The second-order valence-corrected chi connectivity index (χ2v) is 8.90. The number of rotatable bonds is 7. The van der Waals surface area contributed by atoms with Gasteiger partial charge in [-0.15, -0.1) is 12.4 Å². The summed E-state index contributed by atoms with van der Waals surface area (Å²) in [7, 11) is 0. The molecule has 6 N–H and O–H groups in total.